The number of nitrogens with one attached hydrogen (secondary N) is 3. The first kappa shape index (κ1) is 55.6. The maximum Gasteiger partial charge on any atom is 0.340 e. The van der Waals surface area contributed by atoms with E-state index in [1.54, 1.807) is 10.8 Å². The van der Waals surface area contributed by atoms with E-state index in [0.717, 1.165) is 112 Å². The Morgan fingerprint density at radius 3 is 2.50 bits per heavy atom. The molecule has 10 aliphatic carbocycles. The van der Waals surface area contributed by atoms with E-state index in [1.165, 1.54) is 29.9 Å². The molecular formula is C67H84N4O9S2. The normalized spacial score (nSPS) is 42.3. The molecule has 18 atom stereocenters. The third-order valence-electron chi connectivity index (χ3n) is 23.6. The Kier molecular flexibility index (Phi) is 15.3. The largest absolute Gasteiger partial charge is 0.427 e. The van der Waals surface area contributed by atoms with Gasteiger partial charge in [-0.2, -0.15) is 0 Å². The van der Waals surface area contributed by atoms with Gasteiger partial charge in [-0.25, -0.2) is 9.59 Å². The van der Waals surface area contributed by atoms with Gasteiger partial charge < -0.3 is 35.4 Å². The number of imide groups is 1. The van der Waals surface area contributed by atoms with E-state index in [2.05, 4.69) is 71.2 Å². The lowest BCUT2D eigenvalue weighted by Crippen LogP contribution is -2.56. The highest BCUT2D eigenvalue weighted by molar-refractivity contribution is 8.76. The summed E-state index contributed by atoms with van der Waals surface area (Å²) in [5.41, 5.74) is 3.16. The van der Waals surface area contributed by atoms with Crippen molar-refractivity contribution < 1.29 is 44.0 Å². The van der Waals surface area contributed by atoms with Gasteiger partial charge in [-0.3, -0.25) is 19.8 Å². The van der Waals surface area contributed by atoms with E-state index in [0.29, 0.717) is 72.6 Å². The van der Waals surface area contributed by atoms with E-state index in [1.807, 2.05) is 10.8 Å². The topological polar surface area (TPSA) is 187 Å². The van der Waals surface area contributed by atoms with Crippen LogP contribution in [0.4, 0.5) is 0 Å². The van der Waals surface area contributed by atoms with Crippen molar-refractivity contribution in [3.63, 3.8) is 0 Å². The van der Waals surface area contributed by atoms with Gasteiger partial charge in [0, 0.05) is 72.7 Å². The summed E-state index contributed by atoms with van der Waals surface area (Å²) < 4.78 is 13.5. The van der Waals surface area contributed by atoms with Crippen LogP contribution in [0.25, 0.3) is 0 Å². The minimum atomic E-state index is -1.01. The van der Waals surface area contributed by atoms with Gasteiger partial charge in [0.05, 0.1) is 40.8 Å². The molecule has 10 bridgehead atoms. The predicted molar refractivity (Wildman–Crippen MR) is 315 cm³/mol. The fourth-order valence-corrected chi connectivity index (χ4v) is 22.4. The van der Waals surface area contributed by atoms with Gasteiger partial charge in [0.2, 0.25) is 0 Å². The third-order valence-corrected chi connectivity index (χ3v) is 26.0. The SMILES string of the molecule is CCC1(C=C2OC(=O)C3=C2CCC2C4CCC5(C6=CCC(C7C8C=CC9C#CC(CO)CC(CO)CC(C8)CC97)C(NC7CCC8CCCCC8C7O)SSCNC7=CC(=CCN7)C(CN7C(=O)C=CC7=O)C4=C5C(=O)O6)C32)CCCC1. The van der Waals surface area contributed by atoms with Crippen LogP contribution in [0.1, 0.15) is 135 Å². The first-order valence-corrected chi connectivity index (χ1v) is 34.3. The lowest BCUT2D eigenvalue weighted by atomic mass is 9.43. The number of aliphatic hydroxyl groups is 3. The molecule has 82 heavy (non-hydrogen) atoms. The number of esters is 2. The van der Waals surface area contributed by atoms with Crippen LogP contribution in [0.2, 0.25) is 0 Å². The number of carbonyl (C=O) groups is 4. The highest BCUT2D eigenvalue weighted by Gasteiger charge is 2.69. The van der Waals surface area contributed by atoms with Crippen molar-refractivity contribution >= 4 is 45.3 Å². The van der Waals surface area contributed by atoms with Crippen molar-refractivity contribution in [3.8, 4) is 11.8 Å². The van der Waals surface area contributed by atoms with Crippen molar-refractivity contribution in [2.45, 2.75) is 153 Å². The molecule has 438 valence electrons. The Morgan fingerprint density at radius 2 is 1.68 bits per heavy atom. The first-order valence-electron chi connectivity index (χ1n) is 31.9. The number of hydrogen-bond acceptors (Lipinski definition) is 14. The molecule has 13 nitrogen and oxygen atoms in total. The van der Waals surface area contributed by atoms with Crippen LogP contribution in [0.5, 0.6) is 0 Å². The first-order chi connectivity index (χ1) is 40.0. The van der Waals surface area contributed by atoms with Crippen molar-refractivity contribution in [2.24, 2.45) is 93.7 Å². The molecule has 2 amide bonds. The zero-order chi connectivity index (χ0) is 56.0. The van der Waals surface area contributed by atoms with Crippen molar-refractivity contribution in [1.29, 1.82) is 0 Å². The predicted octanol–water partition coefficient (Wildman–Crippen LogP) is 9.43. The van der Waals surface area contributed by atoms with E-state index < -0.39 is 23.4 Å². The number of cyclic esters (lactones) is 1. The number of rotatable bonds is 9. The maximum atomic E-state index is 15.8. The average molecular weight is 1150 g/mol. The molecule has 15 rings (SSSR count). The van der Waals surface area contributed by atoms with E-state index in [4.69, 9.17) is 9.47 Å². The van der Waals surface area contributed by atoms with Gasteiger partial charge in [-0.1, -0.05) is 90.7 Å². The lowest BCUT2D eigenvalue weighted by molar-refractivity contribution is -0.138. The zero-order valence-corrected chi connectivity index (χ0v) is 49.3. The monoisotopic (exact) mass is 1150 g/mol. The number of ether oxygens (including phenoxy) is 2. The van der Waals surface area contributed by atoms with Crippen molar-refractivity contribution in [2.75, 3.05) is 32.2 Å². The Bertz CT molecular complexity index is 2940. The van der Waals surface area contributed by atoms with Crippen LogP contribution < -0.4 is 16.0 Å². The van der Waals surface area contributed by atoms with Crippen molar-refractivity contribution in [3.05, 3.63) is 93.8 Å². The minimum absolute atomic E-state index is 0.0235. The Labute approximate surface area is 492 Å². The quantitative estimate of drug-likeness (QED) is 0.0422. The number of fused-ring (bicyclic) bond motifs is 5. The zero-order valence-electron chi connectivity index (χ0n) is 47.7. The number of nitrogens with zero attached hydrogens (tertiary/aromatic N) is 1. The maximum absolute atomic E-state index is 15.8. The number of amides is 2. The fraction of sp³-hybridized carbons (Fsp3) is 0.672. The molecule has 1 spiro atoms. The molecule has 15 heteroatoms. The van der Waals surface area contributed by atoms with Gasteiger partial charge in [0.15, 0.2) is 0 Å². The van der Waals surface area contributed by atoms with Gasteiger partial charge in [0.25, 0.3) is 11.8 Å². The number of hydrogen-bond donors (Lipinski definition) is 6. The molecule has 1 saturated heterocycles. The smallest absolute Gasteiger partial charge is 0.340 e. The van der Waals surface area contributed by atoms with Crippen LogP contribution in [0, 0.1) is 106 Å². The van der Waals surface area contributed by atoms with E-state index in [-0.39, 0.29) is 119 Å². The minimum Gasteiger partial charge on any atom is -0.427 e. The van der Waals surface area contributed by atoms with E-state index >= 15 is 9.59 Å². The van der Waals surface area contributed by atoms with Gasteiger partial charge >= 0.3 is 11.9 Å². The second-order valence-corrected chi connectivity index (χ2v) is 29.9. The standard InChI is InChI=1S/C67H84N4O9S2/c1-2-66(23-5-6-24-66)32-52-47-15-14-46-45-21-25-67(60(46)59(47)64(77)79-52)53-18-16-48(57-43-12-11-41-10-9-37(34-72)27-39(35-73)28-38(29-43)30-49(41)57)63(70-51-17-13-40-7-3-4-8-44(40)62(51)76)82-81-36-69-54-31-42(22-26-68-54)50(58(45)61(67)65(78)80-53)33-71-55(74)19-20-56(71)75/h11-12,18-20,22,31-32,37-41,43-46,48-51,57,60,62-63,68-70,72-73,76H,2-8,13-17,21,23-30,33-36H2,1H3. The second-order valence-electron chi connectivity index (χ2n) is 27.4. The molecule has 5 saturated carbocycles. The molecule has 5 heterocycles. The summed E-state index contributed by atoms with van der Waals surface area (Å²) in [7, 11) is 3.61. The van der Waals surface area contributed by atoms with Crippen LogP contribution in [-0.4, -0.2) is 93.7 Å². The fourth-order valence-electron chi connectivity index (χ4n) is 19.9. The molecule has 0 radical (unpaired) electrons. The lowest BCUT2D eigenvalue weighted by Gasteiger charge is -2.57. The molecule has 0 aromatic heterocycles. The summed E-state index contributed by atoms with van der Waals surface area (Å²) in [6, 6.07) is -0.0970. The van der Waals surface area contributed by atoms with Crippen molar-refractivity contribution in [1.82, 2.24) is 20.9 Å². The molecule has 15 aliphatic rings. The molecule has 5 aliphatic heterocycles. The molecular weight excluding hydrogens is 1070 g/mol. The highest BCUT2D eigenvalue weighted by atomic mass is 33.1. The van der Waals surface area contributed by atoms with Crippen LogP contribution in [0.3, 0.4) is 0 Å². The molecule has 18 unspecified atom stereocenters. The summed E-state index contributed by atoms with van der Waals surface area (Å²) in [6.45, 7) is 2.87. The summed E-state index contributed by atoms with van der Waals surface area (Å²) in [6.07, 6.45) is 34.8. The number of dihydropyridines is 1. The Morgan fingerprint density at radius 1 is 0.841 bits per heavy atom. The van der Waals surface area contributed by atoms with Gasteiger partial charge in [0.1, 0.15) is 11.5 Å². The second kappa shape index (κ2) is 22.5. The number of allylic oxidation sites excluding steroid dienone is 7. The summed E-state index contributed by atoms with van der Waals surface area (Å²) in [4.78, 5) is 59.5. The molecule has 6 fully saturated rings. The Hall–Kier alpha value is -4.30. The molecule has 0 aromatic carbocycles. The number of aliphatic hydroxyl groups excluding tert-OH is 3. The number of carbonyl (C=O) groups excluding carboxylic acids is 4. The summed E-state index contributed by atoms with van der Waals surface area (Å²) in [5.74, 6) is 9.10. The average Bonchev–Trinajstić information content (AvgIpc) is 1.92. The molecule has 0 aromatic rings. The third kappa shape index (κ3) is 9.51. The summed E-state index contributed by atoms with van der Waals surface area (Å²) >= 11 is 0. The van der Waals surface area contributed by atoms with Gasteiger partial charge in [-0.15, -0.1) is 0 Å². The van der Waals surface area contributed by atoms with Gasteiger partial charge in [-0.05, 0) is 190 Å². The van der Waals surface area contributed by atoms with Crippen LogP contribution >= 0.6 is 21.6 Å². The summed E-state index contributed by atoms with van der Waals surface area (Å²) in [5, 5.41) is 45.3. The van der Waals surface area contributed by atoms with Crippen LogP contribution in [0.15, 0.2) is 93.8 Å². The highest BCUT2D eigenvalue weighted by Crippen LogP contribution is 2.72. The Balaban J connectivity index is 0.945. The van der Waals surface area contributed by atoms with E-state index in [9.17, 15) is 24.9 Å². The van der Waals surface area contributed by atoms with Crippen LogP contribution in [-0.2, 0) is 28.7 Å². The molecule has 6 N–H and O–H groups in total.